The summed E-state index contributed by atoms with van der Waals surface area (Å²) in [5, 5.41) is 13.7. The molecule has 0 aliphatic heterocycles. The molecule has 1 heterocycles. The van der Waals surface area contributed by atoms with Crippen LogP contribution in [0.2, 0.25) is 0 Å². The van der Waals surface area contributed by atoms with Gasteiger partial charge in [-0.3, -0.25) is 0 Å². The summed E-state index contributed by atoms with van der Waals surface area (Å²) < 4.78 is 6.10. The molecule has 0 bridgehead atoms. The second-order valence-corrected chi connectivity index (χ2v) is 8.62. The molecule has 4 rings (SSSR count). The molecule has 7 heteroatoms. The van der Waals surface area contributed by atoms with Gasteiger partial charge in [-0.25, -0.2) is 9.59 Å². The third-order valence-corrected chi connectivity index (χ3v) is 6.54. The van der Waals surface area contributed by atoms with Crippen molar-refractivity contribution in [3.05, 3.63) is 80.5 Å². The number of carboxylic acid groups (broad SMARTS) is 1. The lowest BCUT2D eigenvalue weighted by Crippen LogP contribution is -2.34. The SMILES string of the molecule is O=C(NC(C(=O)O)c1ccsc1Br)OCC1c2ccccc2-c2ccccc21. The number of thiophene rings is 1. The van der Waals surface area contributed by atoms with E-state index in [1.54, 1.807) is 11.4 Å². The van der Waals surface area contributed by atoms with E-state index >= 15 is 0 Å². The first-order valence-electron chi connectivity index (χ1n) is 8.63. The fraction of sp³-hybridized carbons (Fsp3) is 0.143. The Morgan fingerprint density at radius 3 is 2.21 bits per heavy atom. The van der Waals surface area contributed by atoms with Crippen LogP contribution in [0.1, 0.15) is 28.7 Å². The van der Waals surface area contributed by atoms with Crippen molar-refractivity contribution in [2.24, 2.45) is 0 Å². The maximum absolute atomic E-state index is 12.3. The molecule has 142 valence electrons. The molecule has 0 saturated carbocycles. The van der Waals surface area contributed by atoms with E-state index < -0.39 is 18.1 Å². The Bertz CT molecular complexity index is 1000. The number of carbonyl (C=O) groups is 2. The topological polar surface area (TPSA) is 75.6 Å². The summed E-state index contributed by atoms with van der Waals surface area (Å²) in [6.45, 7) is 0.136. The van der Waals surface area contributed by atoms with Gasteiger partial charge in [0.1, 0.15) is 6.61 Å². The van der Waals surface area contributed by atoms with Crippen LogP contribution in [-0.2, 0) is 9.53 Å². The minimum atomic E-state index is -1.17. The Balaban J connectivity index is 1.49. The molecule has 28 heavy (non-hydrogen) atoms. The van der Waals surface area contributed by atoms with E-state index in [4.69, 9.17) is 4.74 Å². The molecule has 1 atom stereocenters. The Morgan fingerprint density at radius 1 is 1.07 bits per heavy atom. The largest absolute Gasteiger partial charge is 0.479 e. The van der Waals surface area contributed by atoms with Crippen molar-refractivity contribution in [3.63, 3.8) is 0 Å². The molecule has 1 amide bonds. The first kappa shape index (κ1) is 18.7. The van der Waals surface area contributed by atoms with Crippen molar-refractivity contribution in [3.8, 4) is 11.1 Å². The van der Waals surface area contributed by atoms with Crippen LogP contribution >= 0.6 is 27.3 Å². The minimum Gasteiger partial charge on any atom is -0.479 e. The third kappa shape index (κ3) is 3.43. The van der Waals surface area contributed by atoms with Gasteiger partial charge in [0.15, 0.2) is 6.04 Å². The van der Waals surface area contributed by atoms with Crippen LogP contribution in [0.25, 0.3) is 11.1 Å². The molecular formula is C21H16BrNO4S. The number of fused-ring (bicyclic) bond motifs is 3. The van der Waals surface area contributed by atoms with Crippen molar-refractivity contribution in [1.82, 2.24) is 5.32 Å². The van der Waals surface area contributed by atoms with Crippen LogP contribution in [-0.4, -0.2) is 23.8 Å². The number of carboxylic acids is 1. The molecule has 1 aliphatic carbocycles. The molecule has 0 spiro atoms. The number of carbonyl (C=O) groups excluding carboxylic acids is 1. The highest BCUT2D eigenvalue weighted by molar-refractivity contribution is 9.11. The Morgan fingerprint density at radius 2 is 1.68 bits per heavy atom. The maximum atomic E-state index is 12.3. The predicted molar refractivity (Wildman–Crippen MR) is 111 cm³/mol. The van der Waals surface area contributed by atoms with Gasteiger partial charge in [-0.05, 0) is 49.6 Å². The van der Waals surface area contributed by atoms with Gasteiger partial charge in [0.05, 0.1) is 3.79 Å². The number of alkyl carbamates (subject to hydrolysis) is 1. The van der Waals surface area contributed by atoms with E-state index in [2.05, 4.69) is 33.4 Å². The zero-order valence-electron chi connectivity index (χ0n) is 14.6. The first-order chi connectivity index (χ1) is 13.6. The van der Waals surface area contributed by atoms with E-state index in [1.807, 2.05) is 36.4 Å². The predicted octanol–water partition coefficient (Wildman–Crippen LogP) is 5.18. The third-order valence-electron chi connectivity index (χ3n) is 4.81. The highest BCUT2D eigenvalue weighted by Crippen LogP contribution is 2.44. The van der Waals surface area contributed by atoms with E-state index in [1.165, 1.54) is 11.3 Å². The number of benzene rings is 2. The van der Waals surface area contributed by atoms with Gasteiger partial charge in [-0.15, -0.1) is 11.3 Å². The molecule has 0 fully saturated rings. The molecule has 1 aromatic heterocycles. The lowest BCUT2D eigenvalue weighted by molar-refractivity contribution is -0.139. The second-order valence-electron chi connectivity index (χ2n) is 6.39. The molecule has 5 nitrogen and oxygen atoms in total. The Kier molecular flexibility index (Phi) is 5.19. The smallest absolute Gasteiger partial charge is 0.408 e. The summed E-state index contributed by atoms with van der Waals surface area (Å²) in [4.78, 5) is 23.9. The fourth-order valence-corrected chi connectivity index (χ4v) is 4.88. The maximum Gasteiger partial charge on any atom is 0.408 e. The lowest BCUT2D eigenvalue weighted by atomic mass is 9.98. The molecule has 3 aromatic rings. The van der Waals surface area contributed by atoms with Crippen molar-refractivity contribution in [1.29, 1.82) is 0 Å². The van der Waals surface area contributed by atoms with Gasteiger partial charge in [0, 0.05) is 11.5 Å². The summed E-state index contributed by atoms with van der Waals surface area (Å²) in [5.74, 6) is -1.22. The van der Waals surface area contributed by atoms with Gasteiger partial charge >= 0.3 is 12.1 Å². The quantitative estimate of drug-likeness (QED) is 0.553. The lowest BCUT2D eigenvalue weighted by Gasteiger charge is -2.17. The van der Waals surface area contributed by atoms with Gasteiger partial charge in [0.25, 0.3) is 0 Å². The molecule has 1 aliphatic rings. The molecular weight excluding hydrogens is 442 g/mol. The van der Waals surface area contributed by atoms with Gasteiger partial charge in [0.2, 0.25) is 0 Å². The average molecular weight is 458 g/mol. The first-order valence-corrected chi connectivity index (χ1v) is 10.3. The molecule has 2 aromatic carbocycles. The summed E-state index contributed by atoms with van der Waals surface area (Å²) in [7, 11) is 0. The van der Waals surface area contributed by atoms with Crippen LogP contribution in [0.5, 0.6) is 0 Å². The number of rotatable bonds is 5. The van der Waals surface area contributed by atoms with E-state index in [-0.39, 0.29) is 12.5 Å². The highest BCUT2D eigenvalue weighted by atomic mass is 79.9. The standard InChI is InChI=1S/C21H16BrNO4S/c22-19-16(9-10-28-19)18(20(24)25)23-21(26)27-11-17-14-7-3-1-5-12(14)13-6-2-4-8-15(13)17/h1-10,17-18H,11H2,(H,23,26)(H,24,25). The number of ether oxygens (including phenoxy) is 1. The zero-order chi connectivity index (χ0) is 19.7. The summed E-state index contributed by atoms with van der Waals surface area (Å²) in [6, 6.07) is 16.6. The van der Waals surface area contributed by atoms with Crippen LogP contribution in [0.15, 0.2) is 63.8 Å². The number of nitrogens with one attached hydrogen (secondary N) is 1. The average Bonchev–Trinajstić information content (AvgIpc) is 3.25. The minimum absolute atomic E-state index is 0.0747. The Labute approximate surface area is 174 Å². The van der Waals surface area contributed by atoms with Gasteiger partial charge in [-0.2, -0.15) is 0 Å². The van der Waals surface area contributed by atoms with Crippen LogP contribution in [0.4, 0.5) is 4.79 Å². The van der Waals surface area contributed by atoms with E-state index in [0.29, 0.717) is 9.35 Å². The van der Waals surface area contributed by atoms with Gasteiger partial charge < -0.3 is 15.2 Å². The summed E-state index contributed by atoms with van der Waals surface area (Å²) in [5.41, 5.74) is 4.97. The number of hydrogen-bond donors (Lipinski definition) is 2. The van der Waals surface area contributed by atoms with Crippen LogP contribution in [0, 0.1) is 0 Å². The Hall–Kier alpha value is -2.64. The normalized spacial score (nSPS) is 13.5. The number of halogens is 1. The number of aliphatic carboxylic acids is 1. The fourth-order valence-electron chi connectivity index (χ4n) is 3.54. The van der Waals surface area contributed by atoms with E-state index in [9.17, 15) is 14.7 Å². The monoisotopic (exact) mass is 457 g/mol. The van der Waals surface area contributed by atoms with Crippen molar-refractivity contribution in [2.75, 3.05) is 6.61 Å². The number of amides is 1. The van der Waals surface area contributed by atoms with Crippen LogP contribution in [0.3, 0.4) is 0 Å². The molecule has 0 saturated heterocycles. The molecule has 2 N–H and O–H groups in total. The second kappa shape index (κ2) is 7.77. The number of hydrogen-bond acceptors (Lipinski definition) is 4. The highest BCUT2D eigenvalue weighted by Gasteiger charge is 2.30. The van der Waals surface area contributed by atoms with Gasteiger partial charge in [-0.1, -0.05) is 48.5 Å². The van der Waals surface area contributed by atoms with Crippen molar-refractivity contribution >= 4 is 39.3 Å². The molecule has 0 radical (unpaired) electrons. The zero-order valence-corrected chi connectivity index (χ0v) is 17.0. The van der Waals surface area contributed by atoms with E-state index in [0.717, 1.165) is 22.3 Å². The van der Waals surface area contributed by atoms with Crippen molar-refractivity contribution < 1.29 is 19.4 Å². The van der Waals surface area contributed by atoms with Crippen molar-refractivity contribution in [2.45, 2.75) is 12.0 Å². The molecule has 1 unspecified atom stereocenters. The summed E-state index contributed by atoms with van der Waals surface area (Å²) >= 11 is 4.67. The van der Waals surface area contributed by atoms with Crippen LogP contribution < -0.4 is 5.32 Å². The summed E-state index contributed by atoms with van der Waals surface area (Å²) in [6.07, 6.45) is -0.757.